The summed E-state index contributed by atoms with van der Waals surface area (Å²) >= 11 is 3.84. The van der Waals surface area contributed by atoms with Gasteiger partial charge in [-0.2, -0.15) is 0 Å². The van der Waals surface area contributed by atoms with Gasteiger partial charge in [0.25, 0.3) is 0 Å². The van der Waals surface area contributed by atoms with E-state index in [1.165, 1.54) is 10.7 Å². The summed E-state index contributed by atoms with van der Waals surface area (Å²) < 4.78 is 5.85. The Bertz CT molecular complexity index is 599. The lowest BCUT2D eigenvalue weighted by Crippen LogP contribution is -2.02. The van der Waals surface area contributed by atoms with Crippen molar-refractivity contribution in [3.63, 3.8) is 0 Å². The maximum absolute atomic E-state index is 11.4. The fraction of sp³-hybridized carbons (Fsp3) is 0.0714. The SMILES string of the molecule is COC(=O)c1ccc(Sc2ccc(I)cc2)c(N)c1. The molecule has 0 amide bonds. The topological polar surface area (TPSA) is 52.3 Å². The fourth-order valence-corrected chi connectivity index (χ4v) is 2.71. The molecule has 0 aliphatic carbocycles. The molecule has 2 aromatic rings. The molecule has 2 aromatic carbocycles. The van der Waals surface area contributed by atoms with Gasteiger partial charge in [-0.3, -0.25) is 0 Å². The van der Waals surface area contributed by atoms with Gasteiger partial charge in [0, 0.05) is 19.0 Å². The van der Waals surface area contributed by atoms with Crippen molar-refractivity contribution in [2.75, 3.05) is 12.8 Å². The first-order valence-corrected chi connectivity index (χ1v) is 7.41. The van der Waals surface area contributed by atoms with E-state index in [-0.39, 0.29) is 5.97 Å². The van der Waals surface area contributed by atoms with Crippen molar-refractivity contribution >= 4 is 46.0 Å². The Morgan fingerprint density at radius 2 is 1.89 bits per heavy atom. The Kier molecular flexibility index (Phi) is 4.71. The molecule has 0 aliphatic rings. The molecular weight excluding hydrogens is 373 g/mol. The molecule has 0 saturated heterocycles. The van der Waals surface area contributed by atoms with Crippen molar-refractivity contribution < 1.29 is 9.53 Å². The molecule has 0 fully saturated rings. The minimum atomic E-state index is -0.377. The molecular formula is C14H12INO2S. The van der Waals surface area contributed by atoms with E-state index in [2.05, 4.69) is 27.3 Å². The van der Waals surface area contributed by atoms with Crippen molar-refractivity contribution in [1.82, 2.24) is 0 Å². The van der Waals surface area contributed by atoms with E-state index in [4.69, 9.17) is 5.73 Å². The van der Waals surface area contributed by atoms with Crippen LogP contribution in [-0.2, 0) is 4.74 Å². The van der Waals surface area contributed by atoms with E-state index < -0.39 is 0 Å². The van der Waals surface area contributed by atoms with Crippen LogP contribution in [0.3, 0.4) is 0 Å². The Hall–Kier alpha value is -1.21. The molecule has 0 atom stereocenters. The van der Waals surface area contributed by atoms with E-state index in [0.717, 1.165) is 9.79 Å². The molecule has 0 aromatic heterocycles. The smallest absolute Gasteiger partial charge is 0.337 e. The highest BCUT2D eigenvalue weighted by Crippen LogP contribution is 2.32. The number of ether oxygens (including phenoxy) is 1. The number of carbonyl (C=O) groups excluding carboxylic acids is 1. The second-order valence-electron chi connectivity index (χ2n) is 3.80. The average Bonchev–Trinajstić information content (AvgIpc) is 2.42. The van der Waals surface area contributed by atoms with Crippen LogP contribution in [-0.4, -0.2) is 13.1 Å². The van der Waals surface area contributed by atoms with Crippen LogP contribution in [0.5, 0.6) is 0 Å². The molecule has 0 bridgehead atoms. The van der Waals surface area contributed by atoms with Crippen molar-refractivity contribution in [1.29, 1.82) is 0 Å². The van der Waals surface area contributed by atoms with E-state index in [0.29, 0.717) is 11.3 Å². The first kappa shape index (κ1) is 14.2. The van der Waals surface area contributed by atoms with Gasteiger partial charge in [0.2, 0.25) is 0 Å². The van der Waals surface area contributed by atoms with Gasteiger partial charge >= 0.3 is 5.97 Å². The number of benzene rings is 2. The number of halogens is 1. The van der Waals surface area contributed by atoms with Crippen LogP contribution in [0, 0.1) is 3.57 Å². The van der Waals surface area contributed by atoms with Crippen LogP contribution < -0.4 is 5.73 Å². The minimum Gasteiger partial charge on any atom is -0.465 e. The number of hydrogen-bond acceptors (Lipinski definition) is 4. The third kappa shape index (κ3) is 3.63. The van der Waals surface area contributed by atoms with Crippen LogP contribution >= 0.6 is 34.4 Å². The summed E-state index contributed by atoms with van der Waals surface area (Å²) in [7, 11) is 1.35. The molecule has 5 heteroatoms. The maximum Gasteiger partial charge on any atom is 0.337 e. The maximum atomic E-state index is 11.4. The number of carbonyl (C=O) groups is 1. The Labute approximate surface area is 129 Å². The summed E-state index contributed by atoms with van der Waals surface area (Å²) in [6.45, 7) is 0. The van der Waals surface area contributed by atoms with Gasteiger partial charge in [0.05, 0.1) is 12.7 Å². The lowest BCUT2D eigenvalue weighted by Gasteiger charge is -2.07. The van der Waals surface area contributed by atoms with Crippen molar-refractivity contribution in [3.05, 3.63) is 51.6 Å². The van der Waals surface area contributed by atoms with Gasteiger partial charge < -0.3 is 10.5 Å². The Morgan fingerprint density at radius 3 is 2.47 bits per heavy atom. The van der Waals surface area contributed by atoms with Crippen LogP contribution in [0.15, 0.2) is 52.3 Å². The van der Waals surface area contributed by atoms with Crippen LogP contribution in [0.2, 0.25) is 0 Å². The quantitative estimate of drug-likeness (QED) is 0.496. The van der Waals surface area contributed by atoms with Crippen molar-refractivity contribution in [2.45, 2.75) is 9.79 Å². The minimum absolute atomic E-state index is 0.377. The summed E-state index contributed by atoms with van der Waals surface area (Å²) in [5.41, 5.74) is 7.00. The molecule has 0 aliphatic heterocycles. The van der Waals surface area contributed by atoms with Crippen LogP contribution in [0.25, 0.3) is 0 Å². The number of nitrogens with two attached hydrogens (primary N) is 1. The van der Waals surface area contributed by atoms with Crippen LogP contribution in [0.4, 0.5) is 5.69 Å². The number of methoxy groups -OCH3 is 1. The molecule has 2 rings (SSSR count). The van der Waals surface area contributed by atoms with Gasteiger partial charge in [-0.25, -0.2) is 4.79 Å². The summed E-state index contributed by atoms with van der Waals surface area (Å²) in [4.78, 5) is 13.4. The summed E-state index contributed by atoms with van der Waals surface area (Å²) in [5.74, 6) is -0.377. The van der Waals surface area contributed by atoms with Gasteiger partial charge in [0.15, 0.2) is 0 Å². The zero-order valence-corrected chi connectivity index (χ0v) is 13.2. The standard InChI is InChI=1S/C14H12INO2S/c1-18-14(17)9-2-7-13(12(16)8-9)19-11-5-3-10(15)4-6-11/h2-8H,16H2,1H3. The Morgan fingerprint density at radius 1 is 1.21 bits per heavy atom. The summed E-state index contributed by atoms with van der Waals surface area (Å²) in [6.07, 6.45) is 0. The zero-order valence-electron chi connectivity index (χ0n) is 10.2. The molecule has 0 saturated carbocycles. The molecule has 3 nitrogen and oxygen atoms in total. The number of hydrogen-bond donors (Lipinski definition) is 1. The van der Waals surface area contributed by atoms with E-state index in [1.54, 1.807) is 23.9 Å². The highest BCUT2D eigenvalue weighted by atomic mass is 127. The normalized spacial score (nSPS) is 10.2. The highest BCUT2D eigenvalue weighted by molar-refractivity contribution is 14.1. The number of nitrogen functional groups attached to an aromatic ring is 1. The largest absolute Gasteiger partial charge is 0.465 e. The predicted octanol–water partition coefficient (Wildman–Crippen LogP) is 3.81. The van der Waals surface area contributed by atoms with Gasteiger partial charge in [-0.15, -0.1) is 0 Å². The summed E-state index contributed by atoms with van der Waals surface area (Å²) in [5, 5.41) is 0. The van der Waals surface area contributed by atoms with E-state index >= 15 is 0 Å². The lowest BCUT2D eigenvalue weighted by atomic mass is 10.2. The first-order chi connectivity index (χ1) is 9.10. The third-order valence-corrected chi connectivity index (χ3v) is 4.29. The molecule has 0 radical (unpaired) electrons. The van der Waals surface area contributed by atoms with Gasteiger partial charge in [-0.05, 0) is 65.1 Å². The van der Waals surface area contributed by atoms with E-state index in [1.807, 2.05) is 30.3 Å². The fourth-order valence-electron chi connectivity index (χ4n) is 1.52. The third-order valence-electron chi connectivity index (χ3n) is 2.47. The van der Waals surface area contributed by atoms with Gasteiger partial charge in [0.1, 0.15) is 0 Å². The monoisotopic (exact) mass is 385 g/mol. The molecule has 19 heavy (non-hydrogen) atoms. The number of anilines is 1. The molecule has 0 unspecified atom stereocenters. The number of rotatable bonds is 3. The van der Waals surface area contributed by atoms with E-state index in [9.17, 15) is 4.79 Å². The molecule has 0 heterocycles. The molecule has 98 valence electrons. The Balaban J connectivity index is 2.22. The predicted molar refractivity (Wildman–Crippen MR) is 85.5 cm³/mol. The number of esters is 1. The van der Waals surface area contributed by atoms with Crippen molar-refractivity contribution in [2.24, 2.45) is 0 Å². The highest BCUT2D eigenvalue weighted by Gasteiger charge is 2.09. The van der Waals surface area contributed by atoms with Crippen LogP contribution in [0.1, 0.15) is 10.4 Å². The second-order valence-corrected chi connectivity index (χ2v) is 6.16. The second kappa shape index (κ2) is 6.29. The molecule has 0 spiro atoms. The zero-order chi connectivity index (χ0) is 13.8. The first-order valence-electron chi connectivity index (χ1n) is 5.51. The lowest BCUT2D eigenvalue weighted by molar-refractivity contribution is 0.0600. The van der Waals surface area contributed by atoms with Crippen molar-refractivity contribution in [3.8, 4) is 0 Å². The van der Waals surface area contributed by atoms with Gasteiger partial charge in [-0.1, -0.05) is 11.8 Å². The average molecular weight is 385 g/mol. The summed E-state index contributed by atoms with van der Waals surface area (Å²) in [6, 6.07) is 13.4. The molecule has 2 N–H and O–H groups in total.